The van der Waals surface area contributed by atoms with Gasteiger partial charge < -0.3 is 4.42 Å². The molecule has 0 unspecified atom stereocenters. The average molecular weight is 480 g/mol. The molecule has 0 amide bonds. The Morgan fingerprint density at radius 2 is 1.63 bits per heavy atom. The fourth-order valence-electron chi connectivity index (χ4n) is 3.37. The third-order valence-corrected chi connectivity index (χ3v) is 6.33. The van der Waals surface area contributed by atoms with Gasteiger partial charge in [0, 0.05) is 21.5 Å². The zero-order valence-electron chi connectivity index (χ0n) is 15.4. The van der Waals surface area contributed by atoms with Gasteiger partial charge in [0.15, 0.2) is 5.69 Å². The molecule has 1 aliphatic rings. The Bertz CT molecular complexity index is 1230. The lowest BCUT2D eigenvalue weighted by Gasteiger charge is -2.20. The second kappa shape index (κ2) is 7.89. The molecule has 30 heavy (non-hydrogen) atoms. The Morgan fingerprint density at radius 3 is 2.30 bits per heavy atom. The molecule has 0 aliphatic heterocycles. The fraction of sp³-hybridized carbons (Fsp3) is 0.190. The van der Waals surface area contributed by atoms with Gasteiger partial charge in [-0.3, -0.25) is 0 Å². The highest BCUT2D eigenvalue weighted by molar-refractivity contribution is 6.37. The SMILES string of the molecule is Clc1ccc(-c2c(Cl)c(-c3nnc(C4CCC4)o3)nn2-c2ccc(Cl)cc2Cl)cc1. The summed E-state index contributed by atoms with van der Waals surface area (Å²) in [4.78, 5) is 0. The van der Waals surface area contributed by atoms with Crippen molar-refractivity contribution in [2.75, 3.05) is 0 Å². The van der Waals surface area contributed by atoms with E-state index in [1.165, 1.54) is 6.42 Å². The molecular formula is C21H14Cl4N4O. The molecule has 5 rings (SSSR count). The van der Waals surface area contributed by atoms with Gasteiger partial charge in [0.1, 0.15) is 5.02 Å². The van der Waals surface area contributed by atoms with Crippen molar-refractivity contribution in [2.45, 2.75) is 25.2 Å². The first kappa shape index (κ1) is 19.9. The normalized spacial score (nSPS) is 14.1. The molecule has 152 valence electrons. The van der Waals surface area contributed by atoms with Crippen molar-refractivity contribution in [2.24, 2.45) is 0 Å². The van der Waals surface area contributed by atoms with Crippen LogP contribution in [-0.2, 0) is 0 Å². The first-order valence-electron chi connectivity index (χ1n) is 9.35. The summed E-state index contributed by atoms with van der Waals surface area (Å²) in [5.74, 6) is 1.22. The van der Waals surface area contributed by atoms with Gasteiger partial charge in [-0.2, -0.15) is 5.10 Å². The molecular weight excluding hydrogens is 466 g/mol. The molecule has 2 aromatic carbocycles. The van der Waals surface area contributed by atoms with Crippen LogP contribution in [0.1, 0.15) is 31.1 Å². The molecule has 4 aromatic rings. The van der Waals surface area contributed by atoms with Gasteiger partial charge in [-0.15, -0.1) is 10.2 Å². The van der Waals surface area contributed by atoms with Gasteiger partial charge in [0.05, 0.1) is 16.4 Å². The minimum absolute atomic E-state index is 0.279. The van der Waals surface area contributed by atoms with Gasteiger partial charge >= 0.3 is 0 Å². The van der Waals surface area contributed by atoms with E-state index >= 15 is 0 Å². The Hall–Kier alpha value is -2.05. The van der Waals surface area contributed by atoms with Crippen LogP contribution in [0.2, 0.25) is 20.1 Å². The number of hydrogen-bond donors (Lipinski definition) is 0. The summed E-state index contributed by atoms with van der Waals surface area (Å²) in [5.41, 5.74) is 2.47. The van der Waals surface area contributed by atoms with E-state index < -0.39 is 0 Å². The van der Waals surface area contributed by atoms with Crippen molar-refractivity contribution < 1.29 is 4.42 Å². The van der Waals surface area contributed by atoms with Crippen molar-refractivity contribution in [1.82, 2.24) is 20.0 Å². The molecule has 0 saturated heterocycles. The van der Waals surface area contributed by atoms with Crippen molar-refractivity contribution in [3.63, 3.8) is 0 Å². The summed E-state index contributed by atoms with van der Waals surface area (Å²) in [6.45, 7) is 0. The van der Waals surface area contributed by atoms with Crippen molar-refractivity contribution in [3.05, 3.63) is 68.4 Å². The predicted octanol–water partition coefficient (Wildman–Crippen LogP) is 7.47. The largest absolute Gasteiger partial charge is 0.419 e. The lowest BCUT2D eigenvalue weighted by Crippen LogP contribution is -2.08. The Labute approximate surface area is 192 Å². The minimum Gasteiger partial charge on any atom is -0.419 e. The average Bonchev–Trinajstić information content (AvgIpc) is 3.26. The number of aromatic nitrogens is 4. The third kappa shape index (κ3) is 3.50. The highest BCUT2D eigenvalue weighted by Crippen LogP contribution is 2.41. The summed E-state index contributed by atoms with van der Waals surface area (Å²) < 4.78 is 7.56. The number of halogens is 4. The van der Waals surface area contributed by atoms with Crippen LogP contribution < -0.4 is 0 Å². The first-order chi connectivity index (χ1) is 14.5. The van der Waals surface area contributed by atoms with Gasteiger partial charge in [-0.05, 0) is 43.2 Å². The lowest BCUT2D eigenvalue weighted by molar-refractivity contribution is 0.338. The van der Waals surface area contributed by atoms with E-state index in [0.29, 0.717) is 49.0 Å². The van der Waals surface area contributed by atoms with Crippen molar-refractivity contribution in [3.8, 4) is 28.5 Å². The zero-order valence-corrected chi connectivity index (χ0v) is 18.5. The summed E-state index contributed by atoms with van der Waals surface area (Å²) >= 11 is 25.4. The van der Waals surface area contributed by atoms with Crippen molar-refractivity contribution in [1.29, 1.82) is 0 Å². The van der Waals surface area contributed by atoms with Crippen molar-refractivity contribution >= 4 is 46.4 Å². The monoisotopic (exact) mass is 478 g/mol. The Kier molecular flexibility index (Phi) is 5.23. The van der Waals surface area contributed by atoms with Crippen LogP contribution in [0.4, 0.5) is 0 Å². The molecule has 0 N–H and O–H groups in total. The smallest absolute Gasteiger partial charge is 0.269 e. The van der Waals surface area contributed by atoms with Crippen LogP contribution in [0.5, 0.6) is 0 Å². The van der Waals surface area contributed by atoms with Gasteiger partial charge in [-0.25, -0.2) is 4.68 Å². The summed E-state index contributed by atoms with van der Waals surface area (Å²) in [7, 11) is 0. The Morgan fingerprint density at radius 1 is 0.900 bits per heavy atom. The molecule has 2 aromatic heterocycles. The lowest BCUT2D eigenvalue weighted by atomic mass is 9.85. The maximum Gasteiger partial charge on any atom is 0.269 e. The minimum atomic E-state index is 0.279. The van der Waals surface area contributed by atoms with E-state index in [9.17, 15) is 0 Å². The second-order valence-corrected chi connectivity index (χ2v) is 8.76. The molecule has 0 bridgehead atoms. The maximum atomic E-state index is 6.80. The zero-order chi connectivity index (χ0) is 20.8. The van der Waals surface area contributed by atoms with E-state index in [0.717, 1.165) is 18.4 Å². The Balaban J connectivity index is 1.69. The summed E-state index contributed by atoms with van der Waals surface area (Å²) in [6, 6.07) is 12.5. The molecule has 5 nitrogen and oxygen atoms in total. The maximum absolute atomic E-state index is 6.80. The van der Waals surface area contributed by atoms with Gasteiger partial charge in [0.25, 0.3) is 5.89 Å². The number of nitrogens with zero attached hydrogens (tertiary/aromatic N) is 4. The second-order valence-electron chi connectivity index (χ2n) is 7.10. The molecule has 1 saturated carbocycles. The summed E-state index contributed by atoms with van der Waals surface area (Å²) in [5, 5.41) is 15.0. The highest BCUT2D eigenvalue weighted by Gasteiger charge is 2.28. The van der Waals surface area contributed by atoms with Crippen LogP contribution in [-0.4, -0.2) is 20.0 Å². The topological polar surface area (TPSA) is 56.7 Å². The first-order valence-corrected chi connectivity index (χ1v) is 10.9. The molecule has 0 radical (unpaired) electrons. The third-order valence-electron chi connectivity index (χ3n) is 5.18. The van der Waals surface area contributed by atoms with Crippen LogP contribution in [0.15, 0.2) is 46.9 Å². The van der Waals surface area contributed by atoms with E-state index in [1.54, 1.807) is 35.0 Å². The predicted molar refractivity (Wildman–Crippen MR) is 119 cm³/mol. The molecule has 1 fully saturated rings. The van der Waals surface area contributed by atoms with E-state index in [4.69, 9.17) is 50.8 Å². The molecule has 0 atom stereocenters. The van der Waals surface area contributed by atoms with Gasteiger partial charge in [-0.1, -0.05) is 65.0 Å². The summed E-state index contributed by atoms with van der Waals surface area (Å²) in [6.07, 6.45) is 3.29. The number of benzene rings is 2. The fourth-order valence-corrected chi connectivity index (χ4v) is 4.29. The van der Waals surface area contributed by atoms with Gasteiger partial charge in [0.2, 0.25) is 5.89 Å². The van der Waals surface area contributed by atoms with Crippen LogP contribution in [0.3, 0.4) is 0 Å². The molecule has 1 aliphatic carbocycles. The number of hydrogen-bond acceptors (Lipinski definition) is 4. The van der Waals surface area contributed by atoms with E-state index in [1.807, 2.05) is 12.1 Å². The van der Waals surface area contributed by atoms with Crippen LogP contribution in [0.25, 0.3) is 28.5 Å². The van der Waals surface area contributed by atoms with Crippen LogP contribution in [0, 0.1) is 0 Å². The highest BCUT2D eigenvalue weighted by atomic mass is 35.5. The van der Waals surface area contributed by atoms with Crippen LogP contribution >= 0.6 is 46.4 Å². The number of rotatable bonds is 4. The standard InChI is InChI=1S/C21H14Cl4N4O/c22-13-6-4-11(5-7-13)19-17(25)18(21-27-26-20(30-21)12-2-1-3-12)28-29(19)16-9-8-14(23)10-15(16)24/h4-10,12H,1-3H2. The quantitative estimate of drug-likeness (QED) is 0.304. The molecule has 0 spiro atoms. The van der Waals surface area contributed by atoms with E-state index in [-0.39, 0.29) is 5.89 Å². The molecule has 2 heterocycles. The molecule has 9 heteroatoms. The van der Waals surface area contributed by atoms with E-state index in [2.05, 4.69) is 15.3 Å².